The lowest BCUT2D eigenvalue weighted by atomic mass is 10.2. The first-order chi connectivity index (χ1) is 6.60. The van der Waals surface area contributed by atoms with Gasteiger partial charge in [-0.3, -0.25) is 0 Å². The Balaban J connectivity index is 3.24. The van der Waals surface area contributed by atoms with Crippen LogP contribution in [0.2, 0.25) is 0 Å². The fourth-order valence-electron chi connectivity index (χ4n) is 1.03. The Labute approximate surface area is 110 Å². The predicted octanol–water partition coefficient (Wildman–Crippen LogP) is 1.29. The van der Waals surface area contributed by atoms with Gasteiger partial charge in [0.15, 0.2) is 5.75 Å². The van der Waals surface area contributed by atoms with Gasteiger partial charge in [0.25, 0.3) is 0 Å². The molecule has 1 aromatic rings. The highest BCUT2D eigenvalue weighted by Gasteiger charge is 2.16. The highest BCUT2D eigenvalue weighted by Crippen LogP contribution is 2.28. The molecule has 6 heteroatoms. The minimum absolute atomic E-state index is 0.139. The van der Waals surface area contributed by atoms with Gasteiger partial charge in [-0.1, -0.05) is 0 Å². The molecule has 1 atom stereocenters. The molecule has 0 aromatic carbocycles. The van der Waals surface area contributed by atoms with Gasteiger partial charge < -0.3 is 15.6 Å². The van der Waals surface area contributed by atoms with Crippen LogP contribution in [0.25, 0.3) is 0 Å². The van der Waals surface area contributed by atoms with Crippen LogP contribution < -0.4 is 10.5 Å². The highest BCUT2D eigenvalue weighted by atomic mass is 127. The lowest BCUT2D eigenvalue weighted by molar-refractivity contribution is 0.261. The highest BCUT2D eigenvalue weighted by molar-refractivity contribution is 14.1. The molecule has 0 fully saturated rings. The molecule has 4 nitrogen and oxygen atoms in total. The van der Waals surface area contributed by atoms with Crippen LogP contribution in [0.3, 0.4) is 0 Å². The van der Waals surface area contributed by atoms with E-state index in [4.69, 9.17) is 15.6 Å². The molecular weight excluding hydrogens is 410 g/mol. The third-order valence-corrected chi connectivity index (χ3v) is 3.03. The van der Waals surface area contributed by atoms with Crippen molar-refractivity contribution in [3.63, 3.8) is 0 Å². The van der Waals surface area contributed by atoms with Crippen molar-refractivity contribution in [2.24, 2.45) is 5.73 Å². The first kappa shape index (κ1) is 12.4. The van der Waals surface area contributed by atoms with Crippen LogP contribution in [0.4, 0.5) is 0 Å². The molecule has 0 aliphatic rings. The van der Waals surface area contributed by atoms with E-state index in [1.54, 1.807) is 7.11 Å². The largest absolute Gasteiger partial charge is 0.494 e. The minimum atomic E-state index is -0.492. The molecule has 1 heterocycles. The molecule has 0 saturated carbocycles. The second-order valence-corrected chi connectivity index (χ2v) is 4.90. The van der Waals surface area contributed by atoms with Crippen molar-refractivity contribution in [1.29, 1.82) is 0 Å². The molecule has 78 valence electrons. The van der Waals surface area contributed by atoms with Crippen LogP contribution in [0.5, 0.6) is 5.75 Å². The summed E-state index contributed by atoms with van der Waals surface area (Å²) in [5, 5.41) is 8.96. The first-order valence-electron chi connectivity index (χ1n) is 3.86. The molecule has 0 aliphatic heterocycles. The van der Waals surface area contributed by atoms with E-state index in [2.05, 4.69) is 50.2 Å². The molecule has 0 amide bonds. The number of aromatic nitrogens is 1. The third-order valence-electron chi connectivity index (χ3n) is 1.67. The van der Waals surface area contributed by atoms with E-state index in [1.165, 1.54) is 0 Å². The number of pyridine rings is 1. The number of nitrogens with zero attached hydrogens (tertiary/aromatic N) is 1. The van der Waals surface area contributed by atoms with Gasteiger partial charge in [0, 0.05) is 0 Å². The maximum absolute atomic E-state index is 8.96. The molecule has 1 rings (SSSR count). The summed E-state index contributed by atoms with van der Waals surface area (Å²) in [6.07, 6.45) is 0. The van der Waals surface area contributed by atoms with E-state index in [9.17, 15) is 0 Å². The van der Waals surface area contributed by atoms with Crippen LogP contribution in [-0.2, 0) is 0 Å². The van der Waals surface area contributed by atoms with E-state index >= 15 is 0 Å². The van der Waals surface area contributed by atoms with E-state index in [0.29, 0.717) is 11.4 Å². The predicted molar refractivity (Wildman–Crippen MR) is 70.2 cm³/mol. The first-order valence-corrected chi connectivity index (χ1v) is 6.02. The number of halogens is 2. The summed E-state index contributed by atoms with van der Waals surface area (Å²) < 4.78 is 6.98. The minimum Gasteiger partial charge on any atom is -0.494 e. The fourth-order valence-corrected chi connectivity index (χ4v) is 2.99. The topological polar surface area (TPSA) is 68.4 Å². The maximum atomic E-state index is 8.96. The molecule has 3 N–H and O–H groups in total. The fraction of sp³-hybridized carbons (Fsp3) is 0.375. The Kier molecular flexibility index (Phi) is 4.80. The quantitative estimate of drug-likeness (QED) is 0.572. The smallest absolute Gasteiger partial charge is 0.155 e. The molecule has 0 saturated heterocycles. The van der Waals surface area contributed by atoms with Gasteiger partial charge in [0.05, 0.1) is 23.3 Å². The lowest BCUT2D eigenvalue weighted by Gasteiger charge is -2.14. The van der Waals surface area contributed by atoms with Crippen molar-refractivity contribution >= 4 is 45.2 Å². The lowest BCUT2D eigenvalue weighted by Crippen LogP contribution is -2.18. The van der Waals surface area contributed by atoms with Gasteiger partial charge in [-0.2, -0.15) is 0 Å². The van der Waals surface area contributed by atoms with Crippen LogP contribution in [0.1, 0.15) is 11.7 Å². The number of ether oxygens (including phenoxy) is 1. The van der Waals surface area contributed by atoms with Crippen molar-refractivity contribution in [2.75, 3.05) is 13.7 Å². The second kappa shape index (κ2) is 5.42. The summed E-state index contributed by atoms with van der Waals surface area (Å²) >= 11 is 4.26. The molecular formula is C8H10I2N2O2. The number of aliphatic hydroxyl groups is 1. The number of methoxy groups -OCH3 is 1. The van der Waals surface area contributed by atoms with Gasteiger partial charge in [-0.05, 0) is 51.2 Å². The summed E-state index contributed by atoms with van der Waals surface area (Å²) in [6.45, 7) is -0.139. The average Bonchev–Trinajstić information content (AvgIpc) is 2.15. The van der Waals surface area contributed by atoms with Crippen LogP contribution in [0.15, 0.2) is 6.07 Å². The van der Waals surface area contributed by atoms with Gasteiger partial charge in [-0.15, -0.1) is 0 Å². The summed E-state index contributed by atoms with van der Waals surface area (Å²) in [7, 11) is 1.57. The third kappa shape index (κ3) is 2.67. The Morgan fingerprint density at radius 3 is 2.79 bits per heavy atom. The Morgan fingerprint density at radius 2 is 2.29 bits per heavy atom. The van der Waals surface area contributed by atoms with Crippen molar-refractivity contribution < 1.29 is 9.84 Å². The Hall–Kier alpha value is 0.330. The summed E-state index contributed by atoms with van der Waals surface area (Å²) in [5.41, 5.74) is 6.31. The second-order valence-electron chi connectivity index (χ2n) is 2.63. The average molecular weight is 420 g/mol. The summed E-state index contributed by atoms with van der Waals surface area (Å²) in [5.74, 6) is 0.646. The van der Waals surface area contributed by atoms with E-state index in [0.717, 1.165) is 7.27 Å². The van der Waals surface area contributed by atoms with Crippen LogP contribution in [-0.4, -0.2) is 23.8 Å². The monoisotopic (exact) mass is 420 g/mol. The normalized spacial score (nSPS) is 12.6. The zero-order valence-electron chi connectivity index (χ0n) is 7.50. The zero-order valence-corrected chi connectivity index (χ0v) is 11.8. The molecule has 0 aliphatic carbocycles. The SMILES string of the molecule is COc1c(I)cc(I)nc1C(N)CO. The number of rotatable bonds is 3. The number of nitrogens with two attached hydrogens (primary N) is 1. The molecule has 0 bridgehead atoms. The van der Waals surface area contributed by atoms with Crippen molar-refractivity contribution in [3.05, 3.63) is 19.0 Å². The molecule has 0 spiro atoms. The Morgan fingerprint density at radius 1 is 1.64 bits per heavy atom. The zero-order chi connectivity index (χ0) is 10.7. The number of aliphatic hydroxyl groups excluding tert-OH is 1. The molecule has 1 aromatic heterocycles. The Bertz CT molecular complexity index is 333. The van der Waals surface area contributed by atoms with Gasteiger partial charge >= 0.3 is 0 Å². The summed E-state index contributed by atoms with van der Waals surface area (Å²) in [6, 6.07) is 1.40. The van der Waals surface area contributed by atoms with Crippen molar-refractivity contribution in [3.8, 4) is 5.75 Å². The van der Waals surface area contributed by atoms with Crippen LogP contribution >= 0.6 is 45.2 Å². The van der Waals surface area contributed by atoms with E-state index in [1.807, 2.05) is 6.07 Å². The number of hydrogen-bond donors (Lipinski definition) is 2. The van der Waals surface area contributed by atoms with Crippen molar-refractivity contribution in [2.45, 2.75) is 6.04 Å². The molecule has 14 heavy (non-hydrogen) atoms. The van der Waals surface area contributed by atoms with Gasteiger partial charge in [0.2, 0.25) is 0 Å². The standard InChI is InChI=1S/C8H10I2N2O2/c1-14-8-4(9)2-6(10)12-7(8)5(11)3-13/h2,5,13H,3,11H2,1H3. The van der Waals surface area contributed by atoms with Crippen LogP contribution in [0, 0.1) is 7.27 Å². The van der Waals surface area contributed by atoms with Crippen molar-refractivity contribution in [1.82, 2.24) is 4.98 Å². The van der Waals surface area contributed by atoms with Gasteiger partial charge in [-0.25, -0.2) is 4.98 Å². The maximum Gasteiger partial charge on any atom is 0.155 e. The van der Waals surface area contributed by atoms with E-state index in [-0.39, 0.29) is 6.61 Å². The summed E-state index contributed by atoms with van der Waals surface area (Å²) in [4.78, 5) is 4.25. The molecule has 1 unspecified atom stereocenters. The van der Waals surface area contributed by atoms with Gasteiger partial charge in [0.1, 0.15) is 9.39 Å². The molecule has 0 radical (unpaired) electrons. The van der Waals surface area contributed by atoms with E-state index < -0.39 is 6.04 Å². The number of hydrogen-bond acceptors (Lipinski definition) is 4.